The molecule has 8 aromatic rings. The van der Waals surface area contributed by atoms with Crippen LogP contribution < -0.4 is 5.43 Å². The van der Waals surface area contributed by atoms with Gasteiger partial charge in [0.15, 0.2) is 17.5 Å². The Morgan fingerprint density at radius 3 is 2.15 bits per heavy atom. The maximum atomic E-state index is 8.79. The predicted molar refractivity (Wildman–Crippen MR) is 194 cm³/mol. The molecule has 0 aliphatic heterocycles. The standard InChI is InChI=1S/C41H26N6O/c42-33-23-22-26-20-18-25-19-21-28(24-32(25)36(26)38(33)47-46-29-12-5-2-6-13-29)40-43-39(27-10-3-1-4-11-27)44-41(45-40)31-15-9-17-35-37(31)30-14-7-8-16-34(30)48-35/h1-24,42,46H/b42-33?,47-38+. The first kappa shape index (κ1) is 27.6. The van der Waals surface area contributed by atoms with E-state index in [9.17, 15) is 0 Å². The zero-order valence-electron chi connectivity index (χ0n) is 25.6. The molecule has 9 rings (SSSR count). The van der Waals surface area contributed by atoms with E-state index in [2.05, 4.69) is 35.8 Å². The second-order valence-corrected chi connectivity index (χ2v) is 11.6. The molecule has 2 N–H and O–H groups in total. The molecule has 0 radical (unpaired) electrons. The van der Waals surface area contributed by atoms with E-state index >= 15 is 0 Å². The van der Waals surface area contributed by atoms with Crippen LogP contribution in [0.5, 0.6) is 0 Å². The van der Waals surface area contributed by atoms with Gasteiger partial charge in [-0.15, -0.1) is 0 Å². The number of aromatic nitrogens is 3. The lowest BCUT2D eigenvalue weighted by Crippen LogP contribution is -2.19. The van der Waals surface area contributed by atoms with Gasteiger partial charge in [-0.2, -0.15) is 5.10 Å². The molecule has 0 fully saturated rings. The number of hydrogen-bond acceptors (Lipinski definition) is 7. The van der Waals surface area contributed by atoms with Crippen LogP contribution in [0.3, 0.4) is 0 Å². The second-order valence-electron chi connectivity index (χ2n) is 11.6. The van der Waals surface area contributed by atoms with Crippen LogP contribution >= 0.6 is 0 Å². The third kappa shape index (κ3) is 4.73. The number of nitrogens with one attached hydrogen (secondary N) is 2. The monoisotopic (exact) mass is 618 g/mol. The van der Waals surface area contributed by atoms with Gasteiger partial charge in [0.05, 0.1) is 11.4 Å². The molecular weight excluding hydrogens is 592 g/mol. The van der Waals surface area contributed by atoms with Gasteiger partial charge in [-0.3, -0.25) is 10.8 Å². The number of fused-ring (bicyclic) bond motifs is 6. The highest BCUT2D eigenvalue weighted by molar-refractivity contribution is 6.55. The molecule has 2 aromatic heterocycles. The molecule has 0 spiro atoms. The van der Waals surface area contributed by atoms with Crippen molar-refractivity contribution < 1.29 is 4.42 Å². The highest BCUT2D eigenvalue weighted by atomic mass is 16.3. The molecule has 6 aromatic carbocycles. The van der Waals surface area contributed by atoms with Crippen molar-refractivity contribution in [2.45, 2.75) is 0 Å². The minimum absolute atomic E-state index is 0.332. The van der Waals surface area contributed by atoms with Gasteiger partial charge >= 0.3 is 0 Å². The largest absolute Gasteiger partial charge is 0.456 e. The quantitative estimate of drug-likeness (QED) is 0.187. The van der Waals surface area contributed by atoms with Crippen LogP contribution in [0.15, 0.2) is 149 Å². The van der Waals surface area contributed by atoms with Crippen LogP contribution in [0.1, 0.15) is 11.1 Å². The second kappa shape index (κ2) is 11.3. The molecule has 1 aliphatic carbocycles. The first-order chi connectivity index (χ1) is 23.7. The fourth-order valence-electron chi connectivity index (χ4n) is 6.32. The highest BCUT2D eigenvalue weighted by Crippen LogP contribution is 2.37. The van der Waals surface area contributed by atoms with Gasteiger partial charge in [0.25, 0.3) is 0 Å². The van der Waals surface area contributed by atoms with Crippen LogP contribution in [-0.4, -0.2) is 26.4 Å². The van der Waals surface area contributed by atoms with Crippen molar-refractivity contribution in [2.75, 3.05) is 5.43 Å². The summed E-state index contributed by atoms with van der Waals surface area (Å²) in [4.78, 5) is 15.1. The van der Waals surface area contributed by atoms with Gasteiger partial charge in [-0.25, -0.2) is 15.0 Å². The van der Waals surface area contributed by atoms with Gasteiger partial charge in [0.1, 0.15) is 16.9 Å². The molecule has 7 heteroatoms. The number of anilines is 1. The summed E-state index contributed by atoms with van der Waals surface area (Å²) in [6.45, 7) is 0. The van der Waals surface area contributed by atoms with E-state index in [0.717, 1.165) is 66.2 Å². The summed E-state index contributed by atoms with van der Waals surface area (Å²) in [7, 11) is 0. The van der Waals surface area contributed by atoms with Crippen molar-refractivity contribution in [3.63, 3.8) is 0 Å². The average molecular weight is 619 g/mol. The Hall–Kier alpha value is -6.73. The van der Waals surface area contributed by atoms with E-state index in [1.165, 1.54) is 0 Å². The molecule has 0 amide bonds. The minimum atomic E-state index is 0.332. The number of rotatable bonds is 5. The Morgan fingerprint density at radius 1 is 0.583 bits per heavy atom. The molecular formula is C41H26N6O. The van der Waals surface area contributed by atoms with Crippen molar-refractivity contribution in [3.8, 4) is 34.2 Å². The van der Waals surface area contributed by atoms with Gasteiger partial charge in [0.2, 0.25) is 0 Å². The number of nitrogens with zero attached hydrogens (tertiary/aromatic N) is 4. The van der Waals surface area contributed by atoms with Crippen molar-refractivity contribution in [1.82, 2.24) is 15.0 Å². The predicted octanol–water partition coefficient (Wildman–Crippen LogP) is 9.79. The van der Waals surface area contributed by atoms with E-state index in [-0.39, 0.29) is 0 Å². The van der Waals surface area contributed by atoms with Crippen molar-refractivity contribution >= 4 is 55.9 Å². The lowest BCUT2D eigenvalue weighted by Gasteiger charge is -2.18. The van der Waals surface area contributed by atoms with E-state index in [1.807, 2.05) is 109 Å². The third-order valence-corrected chi connectivity index (χ3v) is 8.61. The molecule has 1 aliphatic rings. The van der Waals surface area contributed by atoms with Crippen LogP contribution in [0.25, 0.3) is 73.0 Å². The SMILES string of the molecule is N=C1C=Cc2ccc3ccc(-c4nc(-c5ccccc5)nc(-c5cccc6oc7ccccc7c56)n4)cc3c2/C1=N/Nc1ccccc1. The summed E-state index contributed by atoms with van der Waals surface area (Å²) in [5.41, 5.74) is 11.0. The summed E-state index contributed by atoms with van der Waals surface area (Å²) in [6.07, 6.45) is 3.75. The number of furan rings is 1. The van der Waals surface area contributed by atoms with Gasteiger partial charge in [-0.05, 0) is 52.7 Å². The number of para-hydroxylation sites is 2. The van der Waals surface area contributed by atoms with Crippen LogP contribution in [0.4, 0.5) is 5.69 Å². The van der Waals surface area contributed by atoms with E-state index in [1.54, 1.807) is 6.08 Å². The van der Waals surface area contributed by atoms with Gasteiger partial charge < -0.3 is 4.42 Å². The molecule has 0 unspecified atom stereocenters. The topological polar surface area (TPSA) is 100 Å². The molecule has 48 heavy (non-hydrogen) atoms. The Morgan fingerprint density at radius 2 is 1.29 bits per heavy atom. The zero-order valence-corrected chi connectivity index (χ0v) is 25.6. The molecule has 0 saturated carbocycles. The van der Waals surface area contributed by atoms with E-state index in [4.69, 9.17) is 29.9 Å². The van der Waals surface area contributed by atoms with Gasteiger partial charge in [0, 0.05) is 33.0 Å². The fraction of sp³-hybridized carbons (Fsp3) is 0. The molecule has 0 saturated heterocycles. The summed E-state index contributed by atoms with van der Waals surface area (Å²) >= 11 is 0. The molecule has 0 atom stereocenters. The number of allylic oxidation sites excluding steroid dienone is 1. The Bertz CT molecular complexity index is 2600. The molecule has 7 nitrogen and oxygen atoms in total. The third-order valence-electron chi connectivity index (χ3n) is 8.61. The van der Waals surface area contributed by atoms with Crippen molar-refractivity contribution in [1.29, 1.82) is 5.41 Å². The molecule has 226 valence electrons. The lowest BCUT2D eigenvalue weighted by molar-refractivity contribution is 0.669. The van der Waals surface area contributed by atoms with E-state index < -0.39 is 0 Å². The number of hydrazone groups is 1. The van der Waals surface area contributed by atoms with Crippen LogP contribution in [0.2, 0.25) is 0 Å². The van der Waals surface area contributed by atoms with Gasteiger partial charge in [-0.1, -0.05) is 109 Å². The Labute approximate surface area is 275 Å². The molecule has 0 bridgehead atoms. The highest BCUT2D eigenvalue weighted by Gasteiger charge is 2.22. The first-order valence-corrected chi connectivity index (χ1v) is 15.6. The van der Waals surface area contributed by atoms with Crippen molar-refractivity contribution in [3.05, 3.63) is 151 Å². The number of hydrogen-bond donors (Lipinski definition) is 2. The lowest BCUT2D eigenvalue weighted by atomic mass is 9.88. The maximum Gasteiger partial charge on any atom is 0.164 e. The summed E-state index contributed by atoms with van der Waals surface area (Å²) in [5.74, 6) is 1.69. The van der Waals surface area contributed by atoms with E-state index in [0.29, 0.717) is 28.9 Å². The fourth-order valence-corrected chi connectivity index (χ4v) is 6.32. The maximum absolute atomic E-state index is 8.79. The Kier molecular flexibility index (Phi) is 6.47. The average Bonchev–Trinajstić information content (AvgIpc) is 3.54. The molecule has 2 heterocycles. The van der Waals surface area contributed by atoms with Crippen LogP contribution in [0, 0.1) is 5.41 Å². The Balaban J connectivity index is 1.25. The summed E-state index contributed by atoms with van der Waals surface area (Å²) in [5, 5.41) is 17.5. The summed E-state index contributed by atoms with van der Waals surface area (Å²) < 4.78 is 6.20. The summed E-state index contributed by atoms with van der Waals surface area (Å²) in [6, 6.07) is 44.1. The number of benzene rings is 6. The smallest absolute Gasteiger partial charge is 0.164 e. The van der Waals surface area contributed by atoms with Crippen molar-refractivity contribution in [2.24, 2.45) is 5.10 Å². The minimum Gasteiger partial charge on any atom is -0.456 e. The zero-order chi connectivity index (χ0) is 32.0. The normalized spacial score (nSPS) is 13.4. The van der Waals surface area contributed by atoms with Crippen LogP contribution in [-0.2, 0) is 0 Å². The first-order valence-electron chi connectivity index (χ1n) is 15.6.